The number of carboxylic acids is 1. The van der Waals surface area contributed by atoms with Crippen molar-refractivity contribution in [3.8, 4) is 0 Å². The number of nitrogens with zero attached hydrogens (tertiary/aromatic N) is 1. The molecule has 0 aliphatic carbocycles. The summed E-state index contributed by atoms with van der Waals surface area (Å²) in [6.45, 7) is 0.0998. The van der Waals surface area contributed by atoms with Crippen molar-refractivity contribution in [2.75, 3.05) is 6.54 Å². The molecule has 1 N–H and O–H groups in total. The SMILES string of the molecule is O=C(O)CCCN1C(=O)C(=O)C(C(=O)/C=C\c2ccccc2)C1c1ccccc1. The Kier molecular flexibility index (Phi) is 6.34. The van der Waals surface area contributed by atoms with Crippen LogP contribution in [0.25, 0.3) is 6.08 Å². The van der Waals surface area contributed by atoms with Crippen molar-refractivity contribution in [2.45, 2.75) is 18.9 Å². The van der Waals surface area contributed by atoms with Crippen molar-refractivity contribution >= 4 is 29.5 Å². The molecule has 2 unspecified atom stereocenters. The number of likely N-dealkylation sites (tertiary alicyclic amines) is 1. The Morgan fingerprint density at radius 3 is 2.21 bits per heavy atom. The summed E-state index contributed by atoms with van der Waals surface area (Å²) in [5.41, 5.74) is 1.49. The van der Waals surface area contributed by atoms with Gasteiger partial charge in [-0.05, 0) is 23.6 Å². The maximum absolute atomic E-state index is 12.9. The second-order valence-corrected chi connectivity index (χ2v) is 6.84. The highest BCUT2D eigenvalue weighted by molar-refractivity contribution is 6.43. The molecule has 6 nitrogen and oxygen atoms in total. The zero-order chi connectivity index (χ0) is 20.8. The first kappa shape index (κ1) is 20.2. The minimum absolute atomic E-state index is 0.0998. The smallest absolute Gasteiger partial charge is 0.303 e. The summed E-state index contributed by atoms with van der Waals surface area (Å²) < 4.78 is 0. The number of hydrogen-bond acceptors (Lipinski definition) is 4. The van der Waals surface area contributed by atoms with Gasteiger partial charge in [0.15, 0.2) is 5.78 Å². The minimum atomic E-state index is -1.14. The van der Waals surface area contributed by atoms with E-state index in [1.165, 1.54) is 11.0 Å². The van der Waals surface area contributed by atoms with Crippen LogP contribution in [0.15, 0.2) is 66.7 Å². The molecule has 0 saturated carbocycles. The molecule has 2 atom stereocenters. The fourth-order valence-electron chi connectivity index (χ4n) is 3.52. The highest BCUT2D eigenvalue weighted by Crippen LogP contribution is 2.37. The fraction of sp³-hybridized carbons (Fsp3) is 0.217. The Balaban J connectivity index is 1.89. The Labute approximate surface area is 168 Å². The van der Waals surface area contributed by atoms with Crippen molar-refractivity contribution in [1.29, 1.82) is 0 Å². The molecule has 0 radical (unpaired) electrons. The summed E-state index contributed by atoms with van der Waals surface area (Å²) >= 11 is 0. The Morgan fingerprint density at radius 2 is 1.59 bits per heavy atom. The van der Waals surface area contributed by atoms with E-state index in [-0.39, 0.29) is 19.4 Å². The van der Waals surface area contributed by atoms with Gasteiger partial charge in [-0.3, -0.25) is 19.2 Å². The Hall–Kier alpha value is -3.54. The lowest BCUT2D eigenvalue weighted by molar-refractivity contribution is -0.142. The van der Waals surface area contributed by atoms with E-state index in [0.29, 0.717) is 5.56 Å². The first-order chi connectivity index (χ1) is 14.0. The molecule has 29 heavy (non-hydrogen) atoms. The number of hydrogen-bond donors (Lipinski definition) is 1. The number of carboxylic acid groups (broad SMARTS) is 1. The van der Waals surface area contributed by atoms with Crippen LogP contribution in [0.3, 0.4) is 0 Å². The van der Waals surface area contributed by atoms with Crippen molar-refractivity contribution in [3.05, 3.63) is 77.9 Å². The van der Waals surface area contributed by atoms with Crippen LogP contribution < -0.4 is 0 Å². The van der Waals surface area contributed by atoms with Gasteiger partial charge < -0.3 is 10.0 Å². The average Bonchev–Trinajstić information content (AvgIpc) is 2.98. The second kappa shape index (κ2) is 9.10. The zero-order valence-electron chi connectivity index (χ0n) is 15.7. The summed E-state index contributed by atoms with van der Waals surface area (Å²) in [6, 6.07) is 17.4. The van der Waals surface area contributed by atoms with E-state index in [0.717, 1.165) is 5.56 Å². The van der Waals surface area contributed by atoms with E-state index in [1.54, 1.807) is 30.3 Å². The molecule has 0 aromatic heterocycles. The molecule has 148 valence electrons. The molecule has 3 rings (SSSR count). The molecule has 1 saturated heterocycles. The van der Waals surface area contributed by atoms with Crippen molar-refractivity contribution in [2.24, 2.45) is 5.92 Å². The van der Waals surface area contributed by atoms with Crippen LogP contribution in [-0.4, -0.2) is 40.0 Å². The van der Waals surface area contributed by atoms with E-state index in [9.17, 15) is 19.2 Å². The molecule has 1 amide bonds. The van der Waals surface area contributed by atoms with Crippen LogP contribution >= 0.6 is 0 Å². The maximum atomic E-state index is 12.9. The van der Waals surface area contributed by atoms with Crippen LogP contribution in [0.1, 0.15) is 30.0 Å². The average molecular weight is 391 g/mol. The van der Waals surface area contributed by atoms with E-state index in [2.05, 4.69) is 0 Å². The minimum Gasteiger partial charge on any atom is -0.481 e. The van der Waals surface area contributed by atoms with Crippen LogP contribution in [-0.2, 0) is 19.2 Å². The summed E-state index contributed by atoms with van der Waals surface area (Å²) in [4.78, 5) is 50.4. The number of carbonyl (C=O) groups excluding carboxylic acids is 3. The summed E-state index contributed by atoms with van der Waals surface area (Å²) in [5.74, 6) is -4.05. The standard InChI is InChI=1S/C23H21NO5/c25-18(14-13-16-8-3-1-4-9-16)20-21(17-10-5-2-6-11-17)24(23(29)22(20)28)15-7-12-19(26)27/h1-6,8-11,13-14,20-21H,7,12,15H2,(H,26,27)/b14-13-. The van der Waals surface area contributed by atoms with E-state index in [1.807, 2.05) is 36.4 Å². The van der Waals surface area contributed by atoms with Gasteiger partial charge in [0.1, 0.15) is 5.92 Å². The number of allylic oxidation sites excluding steroid dienone is 1. The van der Waals surface area contributed by atoms with Crippen LogP contribution in [0.5, 0.6) is 0 Å². The first-order valence-corrected chi connectivity index (χ1v) is 9.37. The molecule has 0 spiro atoms. The number of rotatable bonds is 8. The highest BCUT2D eigenvalue weighted by Gasteiger charge is 2.50. The highest BCUT2D eigenvalue weighted by atomic mass is 16.4. The predicted octanol–water partition coefficient (Wildman–Crippen LogP) is 2.90. The fourth-order valence-corrected chi connectivity index (χ4v) is 3.52. The third kappa shape index (κ3) is 4.66. The van der Waals surface area contributed by atoms with Crippen LogP contribution in [0.4, 0.5) is 0 Å². The Bertz CT molecular complexity index is 936. The second-order valence-electron chi connectivity index (χ2n) is 6.84. The molecule has 0 bridgehead atoms. The van der Waals surface area contributed by atoms with Crippen LogP contribution in [0, 0.1) is 5.92 Å². The van der Waals surface area contributed by atoms with Crippen molar-refractivity contribution < 1.29 is 24.3 Å². The van der Waals surface area contributed by atoms with Gasteiger partial charge in [-0.25, -0.2) is 0 Å². The molecular formula is C23H21NO5. The number of Topliss-reactive ketones (excluding diaryl/α,β-unsaturated/α-hetero) is 1. The maximum Gasteiger partial charge on any atom is 0.303 e. The third-order valence-corrected chi connectivity index (χ3v) is 4.88. The lowest BCUT2D eigenvalue weighted by Crippen LogP contribution is -2.31. The van der Waals surface area contributed by atoms with E-state index < -0.39 is 35.4 Å². The number of carbonyl (C=O) groups is 4. The molecule has 6 heteroatoms. The van der Waals surface area contributed by atoms with Crippen molar-refractivity contribution in [3.63, 3.8) is 0 Å². The Morgan fingerprint density at radius 1 is 0.966 bits per heavy atom. The predicted molar refractivity (Wildman–Crippen MR) is 107 cm³/mol. The zero-order valence-corrected chi connectivity index (χ0v) is 15.7. The lowest BCUT2D eigenvalue weighted by atomic mass is 9.89. The van der Waals surface area contributed by atoms with Gasteiger partial charge in [0.2, 0.25) is 5.78 Å². The van der Waals surface area contributed by atoms with Gasteiger partial charge in [0, 0.05) is 13.0 Å². The van der Waals surface area contributed by atoms with Crippen molar-refractivity contribution in [1.82, 2.24) is 4.90 Å². The van der Waals surface area contributed by atoms with Gasteiger partial charge in [-0.2, -0.15) is 0 Å². The van der Waals surface area contributed by atoms with Crippen LogP contribution in [0.2, 0.25) is 0 Å². The third-order valence-electron chi connectivity index (χ3n) is 4.88. The molecule has 1 heterocycles. The molecule has 2 aromatic rings. The van der Waals surface area contributed by atoms with E-state index >= 15 is 0 Å². The number of amides is 1. The van der Waals surface area contributed by atoms with Gasteiger partial charge in [0.25, 0.3) is 5.91 Å². The molecular weight excluding hydrogens is 370 g/mol. The van der Waals surface area contributed by atoms with Gasteiger partial charge in [0.05, 0.1) is 6.04 Å². The molecule has 1 aliphatic heterocycles. The summed E-state index contributed by atoms with van der Waals surface area (Å²) in [5, 5.41) is 8.87. The largest absolute Gasteiger partial charge is 0.481 e. The number of benzene rings is 2. The van der Waals surface area contributed by atoms with E-state index in [4.69, 9.17) is 5.11 Å². The lowest BCUT2D eigenvalue weighted by Gasteiger charge is -2.26. The van der Waals surface area contributed by atoms with Gasteiger partial charge >= 0.3 is 5.97 Å². The normalized spacial score (nSPS) is 19.1. The topological polar surface area (TPSA) is 91.8 Å². The monoisotopic (exact) mass is 391 g/mol. The molecule has 2 aromatic carbocycles. The summed E-state index contributed by atoms with van der Waals surface area (Å²) in [7, 11) is 0. The first-order valence-electron chi connectivity index (χ1n) is 9.37. The molecule has 1 fully saturated rings. The van der Waals surface area contributed by atoms with Gasteiger partial charge in [-0.15, -0.1) is 0 Å². The number of aliphatic carboxylic acids is 1. The quantitative estimate of drug-likeness (QED) is 0.424. The molecule has 1 aliphatic rings. The summed E-state index contributed by atoms with van der Waals surface area (Å²) in [6.07, 6.45) is 3.04. The number of ketones is 2. The van der Waals surface area contributed by atoms with Gasteiger partial charge in [-0.1, -0.05) is 66.7 Å².